The number of nitrogens with one attached hydrogen (secondary N) is 2. The van der Waals surface area contributed by atoms with Gasteiger partial charge in [0.25, 0.3) is 0 Å². The molecule has 0 aliphatic carbocycles. The Morgan fingerprint density at radius 3 is 1.40 bits per heavy atom. The first-order valence-corrected chi connectivity index (χ1v) is 16.5. The van der Waals surface area contributed by atoms with E-state index >= 15 is 0 Å². The first kappa shape index (κ1) is 37.5. The molecule has 0 bridgehead atoms. The number of nitriles is 2. The number of hydrogen-bond donors (Lipinski definition) is 2. The zero-order chi connectivity index (χ0) is 34.5. The molecule has 0 unspecified atom stereocenters. The molecular weight excluding hydrogens is 616 g/mol. The lowest BCUT2D eigenvalue weighted by Gasteiger charge is -2.36. The van der Waals surface area contributed by atoms with Crippen LogP contribution in [0.4, 0.5) is 0 Å². The minimum absolute atomic E-state index is 0.0277. The quantitative estimate of drug-likeness (QED) is 0.392. The lowest BCUT2D eigenvalue weighted by molar-refractivity contribution is -0.138. The van der Waals surface area contributed by atoms with Gasteiger partial charge in [-0.25, -0.2) is 4.84 Å². The van der Waals surface area contributed by atoms with Crippen LogP contribution in [-0.2, 0) is 14.4 Å². The summed E-state index contributed by atoms with van der Waals surface area (Å²) in [4.78, 5) is 48.4. The Morgan fingerprint density at radius 2 is 1.06 bits per heavy atom. The van der Waals surface area contributed by atoms with Crippen LogP contribution in [0.3, 0.4) is 0 Å². The fraction of sp³-hybridized carbons (Fsp3) is 0.514. The standard InChI is InChI=1S/C19H26N4O2.C16H21ClN4O/c1-4-17(24)21-18(19(25)23-11-9-22(3)10-12-23)14(2)16-7-5-15(13-20)6-8-16;1-12(14-5-3-13(11-18)4-6-14)15(19-17)16(22)21-9-7-20(2)8-10-21/h5-8,14,18H,4,9-12H2,1-3H3,(H,21,24);3-6,12,15,19H,7-10H2,1-2H3/t14-,18+;12-,15+/m00/s1. The number of benzene rings is 2. The Kier molecular flexibility index (Phi) is 14.6. The molecule has 2 aliphatic rings. The highest BCUT2D eigenvalue weighted by Crippen LogP contribution is 2.23. The van der Waals surface area contributed by atoms with Crippen molar-refractivity contribution < 1.29 is 14.4 Å². The molecule has 47 heavy (non-hydrogen) atoms. The number of amides is 3. The normalized spacial score (nSPS) is 18.0. The first-order valence-electron chi connectivity index (χ1n) is 16.1. The van der Waals surface area contributed by atoms with Crippen LogP contribution in [-0.4, -0.2) is 116 Å². The summed E-state index contributed by atoms with van der Waals surface area (Å²) in [6.45, 7) is 11.9. The van der Waals surface area contributed by atoms with E-state index in [1.807, 2.05) is 55.0 Å². The van der Waals surface area contributed by atoms with Gasteiger partial charge < -0.3 is 24.9 Å². The van der Waals surface area contributed by atoms with Crippen LogP contribution in [0.1, 0.15) is 61.3 Å². The zero-order valence-electron chi connectivity index (χ0n) is 28.1. The van der Waals surface area contributed by atoms with Crippen molar-refractivity contribution >= 4 is 29.5 Å². The number of rotatable bonds is 9. The molecule has 2 heterocycles. The molecule has 4 rings (SSSR count). The van der Waals surface area contributed by atoms with Gasteiger partial charge in [-0.1, -0.05) is 45.0 Å². The van der Waals surface area contributed by atoms with Crippen molar-refractivity contribution in [3.8, 4) is 12.1 Å². The van der Waals surface area contributed by atoms with Crippen LogP contribution >= 0.6 is 11.8 Å². The Bertz CT molecular complexity index is 1410. The zero-order valence-corrected chi connectivity index (χ0v) is 28.8. The van der Waals surface area contributed by atoms with Crippen LogP contribution in [0.25, 0.3) is 0 Å². The average Bonchev–Trinajstić information content (AvgIpc) is 3.11. The fourth-order valence-corrected chi connectivity index (χ4v) is 5.87. The summed E-state index contributed by atoms with van der Waals surface area (Å²) in [5.74, 6) is -0.382. The number of piperazine rings is 2. The summed E-state index contributed by atoms with van der Waals surface area (Å²) in [5.41, 5.74) is 3.11. The van der Waals surface area contributed by atoms with E-state index in [0.29, 0.717) is 30.6 Å². The molecule has 2 saturated heterocycles. The number of hydrogen-bond acceptors (Lipinski definition) is 8. The highest BCUT2D eigenvalue weighted by molar-refractivity contribution is 6.15. The van der Waals surface area contributed by atoms with Crippen molar-refractivity contribution in [2.45, 2.75) is 51.1 Å². The third kappa shape index (κ3) is 10.5. The van der Waals surface area contributed by atoms with Crippen molar-refractivity contribution in [1.82, 2.24) is 29.8 Å². The second-order valence-corrected chi connectivity index (χ2v) is 12.5. The summed E-state index contributed by atoms with van der Waals surface area (Å²) in [6, 6.07) is 17.6. The Morgan fingerprint density at radius 1 is 0.702 bits per heavy atom. The monoisotopic (exact) mass is 662 g/mol. The smallest absolute Gasteiger partial charge is 0.245 e. The maximum absolute atomic E-state index is 13.0. The van der Waals surface area contributed by atoms with E-state index in [1.165, 1.54) is 0 Å². The number of likely N-dealkylation sites (N-methyl/N-ethyl adjacent to an activating group) is 2. The van der Waals surface area contributed by atoms with Crippen molar-refractivity contribution in [1.29, 1.82) is 10.5 Å². The van der Waals surface area contributed by atoms with Crippen LogP contribution in [0, 0.1) is 22.7 Å². The maximum Gasteiger partial charge on any atom is 0.245 e. The fourth-order valence-electron chi connectivity index (χ4n) is 5.59. The van der Waals surface area contributed by atoms with Crippen LogP contribution < -0.4 is 10.2 Å². The molecule has 0 radical (unpaired) electrons. The molecule has 2 fully saturated rings. The largest absolute Gasteiger partial charge is 0.344 e. The van der Waals surface area contributed by atoms with E-state index in [9.17, 15) is 14.4 Å². The highest BCUT2D eigenvalue weighted by atomic mass is 35.5. The van der Waals surface area contributed by atoms with Gasteiger partial charge in [0, 0.05) is 70.6 Å². The van der Waals surface area contributed by atoms with Gasteiger partial charge in [0.05, 0.1) is 23.3 Å². The van der Waals surface area contributed by atoms with Gasteiger partial charge in [-0.3, -0.25) is 14.4 Å². The second-order valence-electron chi connectivity index (χ2n) is 12.3. The van der Waals surface area contributed by atoms with Crippen LogP contribution in [0.5, 0.6) is 0 Å². The van der Waals surface area contributed by atoms with E-state index in [0.717, 1.165) is 50.4 Å². The Balaban J connectivity index is 0.000000257. The predicted octanol–water partition coefficient (Wildman–Crippen LogP) is 2.88. The summed E-state index contributed by atoms with van der Waals surface area (Å²) in [5, 5.41) is 20.7. The van der Waals surface area contributed by atoms with Gasteiger partial charge in [-0.15, -0.1) is 0 Å². The number of carbonyl (C=O) groups excluding carboxylic acids is 3. The minimum Gasteiger partial charge on any atom is -0.344 e. The molecule has 3 amide bonds. The minimum atomic E-state index is -0.594. The summed E-state index contributed by atoms with van der Waals surface area (Å²) in [7, 11) is 4.09. The van der Waals surface area contributed by atoms with Crippen LogP contribution in [0.15, 0.2) is 48.5 Å². The Hall–Kier alpha value is -4.00. The molecule has 0 saturated carbocycles. The maximum atomic E-state index is 13.0. The molecule has 2 aromatic carbocycles. The highest BCUT2D eigenvalue weighted by Gasteiger charge is 2.33. The van der Waals surface area contributed by atoms with E-state index in [1.54, 1.807) is 31.2 Å². The van der Waals surface area contributed by atoms with Gasteiger partial charge in [0.15, 0.2) is 0 Å². The molecule has 2 aliphatic heterocycles. The third-order valence-electron chi connectivity index (χ3n) is 9.05. The van der Waals surface area contributed by atoms with Crippen LogP contribution in [0.2, 0.25) is 0 Å². The molecule has 0 aromatic heterocycles. The van der Waals surface area contributed by atoms with Gasteiger partial charge in [-0.05, 0) is 61.3 Å². The average molecular weight is 663 g/mol. The molecule has 252 valence electrons. The van der Waals surface area contributed by atoms with Crippen molar-refractivity contribution in [2.75, 3.05) is 66.5 Å². The summed E-state index contributed by atoms with van der Waals surface area (Å²) >= 11 is 5.85. The van der Waals surface area contributed by atoms with Crippen molar-refractivity contribution in [3.05, 3.63) is 70.8 Å². The molecule has 2 aromatic rings. The lowest BCUT2D eigenvalue weighted by atomic mass is 9.91. The summed E-state index contributed by atoms with van der Waals surface area (Å²) < 4.78 is 0. The Labute approximate surface area is 284 Å². The topological polar surface area (TPSA) is 136 Å². The SMILES string of the molecule is CCC(=O)N[C@@H](C(=O)N1CCN(C)CC1)[C@@H](C)c1ccc(C#N)cc1.C[C@@H](c1ccc(C#N)cc1)[C@@H](NCl)C(=O)N1CCN(C)CC1. The molecule has 0 spiro atoms. The lowest BCUT2D eigenvalue weighted by Crippen LogP contribution is -2.55. The molecule has 4 atom stereocenters. The van der Waals surface area contributed by atoms with Gasteiger partial charge in [0.1, 0.15) is 12.1 Å². The predicted molar refractivity (Wildman–Crippen MR) is 182 cm³/mol. The van der Waals surface area contributed by atoms with E-state index in [-0.39, 0.29) is 29.6 Å². The van der Waals surface area contributed by atoms with Crippen molar-refractivity contribution in [3.63, 3.8) is 0 Å². The molecular formula is C35H47ClN8O3. The molecule has 12 heteroatoms. The number of halogens is 1. The number of nitrogens with zero attached hydrogens (tertiary/aromatic N) is 6. The number of carbonyl (C=O) groups is 3. The molecule has 11 nitrogen and oxygen atoms in total. The van der Waals surface area contributed by atoms with Gasteiger partial charge >= 0.3 is 0 Å². The third-order valence-corrected chi connectivity index (χ3v) is 9.28. The first-order chi connectivity index (χ1) is 22.5. The summed E-state index contributed by atoms with van der Waals surface area (Å²) in [6.07, 6.45) is 0.340. The molecule has 2 N–H and O–H groups in total. The van der Waals surface area contributed by atoms with E-state index in [2.05, 4.69) is 39.1 Å². The second kappa shape index (κ2) is 18.4. The van der Waals surface area contributed by atoms with Crippen molar-refractivity contribution in [2.24, 2.45) is 0 Å². The van der Waals surface area contributed by atoms with Gasteiger partial charge in [-0.2, -0.15) is 10.5 Å². The van der Waals surface area contributed by atoms with E-state index in [4.69, 9.17) is 22.3 Å². The van der Waals surface area contributed by atoms with Gasteiger partial charge in [0.2, 0.25) is 17.7 Å². The van der Waals surface area contributed by atoms with E-state index < -0.39 is 12.1 Å².